The van der Waals surface area contributed by atoms with E-state index in [0.717, 1.165) is 5.56 Å². The lowest BCUT2D eigenvalue weighted by molar-refractivity contribution is 0.408. The fraction of sp³-hybridized carbons (Fsp3) is 0.263. The third kappa shape index (κ3) is 4.06. The van der Waals surface area contributed by atoms with Crippen molar-refractivity contribution in [2.24, 2.45) is 5.92 Å². The molecule has 3 rings (SSSR count). The van der Waals surface area contributed by atoms with Crippen LogP contribution in [-0.2, 0) is 6.54 Å². The summed E-state index contributed by atoms with van der Waals surface area (Å²) >= 11 is 5.92. The fourth-order valence-electron chi connectivity index (χ4n) is 2.84. The number of hydrogen-bond acceptors (Lipinski definition) is 3. The van der Waals surface area contributed by atoms with E-state index in [9.17, 15) is 9.18 Å². The van der Waals surface area contributed by atoms with E-state index >= 15 is 0 Å². The SMILES string of the molecule is CC(C)[C@@H](NCc1cc(=O)n2cc(Cl)ccc2n1)c1ccc(F)cc1. The molecule has 0 unspecified atom stereocenters. The number of fused-ring (bicyclic) bond motifs is 1. The fourth-order valence-corrected chi connectivity index (χ4v) is 3.00. The second-order valence-corrected chi connectivity index (χ2v) is 6.75. The lowest BCUT2D eigenvalue weighted by Gasteiger charge is -2.23. The van der Waals surface area contributed by atoms with Gasteiger partial charge in [0.1, 0.15) is 11.5 Å². The summed E-state index contributed by atoms with van der Waals surface area (Å²) in [6, 6.07) is 11.4. The molecule has 130 valence electrons. The summed E-state index contributed by atoms with van der Waals surface area (Å²) in [4.78, 5) is 16.7. The first-order valence-corrected chi connectivity index (χ1v) is 8.48. The van der Waals surface area contributed by atoms with Gasteiger partial charge in [-0.2, -0.15) is 0 Å². The normalized spacial score (nSPS) is 12.7. The number of pyridine rings is 1. The van der Waals surface area contributed by atoms with Crippen LogP contribution in [-0.4, -0.2) is 9.38 Å². The first-order valence-electron chi connectivity index (χ1n) is 8.11. The van der Waals surface area contributed by atoms with E-state index in [1.165, 1.54) is 22.6 Å². The number of nitrogens with one attached hydrogen (secondary N) is 1. The third-order valence-electron chi connectivity index (χ3n) is 4.08. The molecule has 1 atom stereocenters. The maximum Gasteiger partial charge on any atom is 0.258 e. The highest BCUT2D eigenvalue weighted by Crippen LogP contribution is 2.22. The molecule has 0 saturated carbocycles. The standard InChI is InChI=1S/C19H19ClFN3O/c1-12(2)19(13-3-6-15(21)7-4-13)22-10-16-9-18(25)24-11-14(20)5-8-17(24)23-16/h3-9,11-12,19,22H,10H2,1-2H3/t19-/m1/s1. The van der Waals surface area contributed by atoms with Crippen molar-refractivity contribution in [3.63, 3.8) is 0 Å². The molecule has 0 aliphatic heterocycles. The van der Waals surface area contributed by atoms with Crippen LogP contribution in [0.2, 0.25) is 5.02 Å². The Morgan fingerprint density at radius 2 is 1.92 bits per heavy atom. The Kier molecular flexibility index (Phi) is 5.16. The summed E-state index contributed by atoms with van der Waals surface area (Å²) in [5.41, 5.74) is 2.03. The Hall–Kier alpha value is -2.24. The molecular formula is C19H19ClFN3O. The minimum absolute atomic E-state index is 0.0334. The molecule has 2 heterocycles. The van der Waals surface area contributed by atoms with Crippen molar-refractivity contribution in [2.45, 2.75) is 26.4 Å². The number of halogens is 2. The van der Waals surface area contributed by atoms with Crippen molar-refractivity contribution >= 4 is 17.2 Å². The van der Waals surface area contributed by atoms with E-state index in [-0.39, 0.29) is 17.4 Å². The zero-order valence-electron chi connectivity index (χ0n) is 14.0. The summed E-state index contributed by atoms with van der Waals surface area (Å²) in [5.74, 6) is 0.0416. The second-order valence-electron chi connectivity index (χ2n) is 6.32. The minimum atomic E-state index is -0.255. The van der Waals surface area contributed by atoms with Crippen molar-refractivity contribution < 1.29 is 4.39 Å². The average molecular weight is 360 g/mol. The molecule has 0 radical (unpaired) electrons. The van der Waals surface area contributed by atoms with Gasteiger partial charge in [-0.1, -0.05) is 37.6 Å². The molecule has 1 aromatic carbocycles. The molecular weight excluding hydrogens is 341 g/mol. The summed E-state index contributed by atoms with van der Waals surface area (Å²) in [7, 11) is 0. The summed E-state index contributed by atoms with van der Waals surface area (Å²) in [6.07, 6.45) is 1.55. The van der Waals surface area contributed by atoms with Crippen molar-refractivity contribution in [3.8, 4) is 0 Å². The highest BCUT2D eigenvalue weighted by Gasteiger charge is 2.16. The molecule has 0 bridgehead atoms. The van der Waals surface area contributed by atoms with E-state index in [4.69, 9.17) is 11.6 Å². The van der Waals surface area contributed by atoms with Gasteiger partial charge in [-0.25, -0.2) is 9.37 Å². The summed E-state index contributed by atoms with van der Waals surface area (Å²) < 4.78 is 14.6. The van der Waals surface area contributed by atoms with Gasteiger partial charge >= 0.3 is 0 Å². The van der Waals surface area contributed by atoms with E-state index in [1.807, 2.05) is 0 Å². The molecule has 0 aliphatic carbocycles. The molecule has 25 heavy (non-hydrogen) atoms. The zero-order valence-corrected chi connectivity index (χ0v) is 14.8. The van der Waals surface area contributed by atoms with Crippen LogP contribution in [0.3, 0.4) is 0 Å². The van der Waals surface area contributed by atoms with E-state index in [0.29, 0.717) is 28.8 Å². The Morgan fingerprint density at radius 1 is 1.20 bits per heavy atom. The topological polar surface area (TPSA) is 46.4 Å². The van der Waals surface area contributed by atoms with Gasteiger partial charge < -0.3 is 5.32 Å². The van der Waals surface area contributed by atoms with Crippen molar-refractivity contribution in [1.29, 1.82) is 0 Å². The van der Waals surface area contributed by atoms with Crippen LogP contribution in [0, 0.1) is 11.7 Å². The number of hydrogen-bond donors (Lipinski definition) is 1. The van der Waals surface area contributed by atoms with Gasteiger partial charge in [-0.05, 0) is 35.7 Å². The Morgan fingerprint density at radius 3 is 2.60 bits per heavy atom. The van der Waals surface area contributed by atoms with Gasteiger partial charge in [0.2, 0.25) is 0 Å². The molecule has 0 spiro atoms. The number of benzene rings is 1. The van der Waals surface area contributed by atoms with Gasteiger partial charge in [0.05, 0.1) is 10.7 Å². The molecule has 2 aromatic heterocycles. The van der Waals surface area contributed by atoms with Crippen molar-refractivity contribution in [2.75, 3.05) is 0 Å². The van der Waals surface area contributed by atoms with Crippen LogP contribution in [0.1, 0.15) is 31.1 Å². The predicted octanol–water partition coefficient (Wildman–Crippen LogP) is 3.97. The first-order chi connectivity index (χ1) is 11.9. The molecule has 0 amide bonds. The zero-order chi connectivity index (χ0) is 18.0. The van der Waals surface area contributed by atoms with Gasteiger partial charge in [-0.3, -0.25) is 9.20 Å². The maximum atomic E-state index is 13.1. The van der Waals surface area contributed by atoms with Crippen molar-refractivity contribution in [1.82, 2.24) is 14.7 Å². The lowest BCUT2D eigenvalue weighted by atomic mass is 9.96. The van der Waals surface area contributed by atoms with Gasteiger partial charge in [0, 0.05) is 24.8 Å². The summed E-state index contributed by atoms with van der Waals surface area (Å²) in [5, 5.41) is 3.90. The van der Waals surface area contributed by atoms with Crippen LogP contribution in [0.15, 0.2) is 53.5 Å². The lowest BCUT2D eigenvalue weighted by Crippen LogP contribution is -2.27. The van der Waals surface area contributed by atoms with Crippen LogP contribution in [0.4, 0.5) is 4.39 Å². The summed E-state index contributed by atoms with van der Waals surface area (Å²) in [6.45, 7) is 4.62. The molecule has 6 heteroatoms. The third-order valence-corrected chi connectivity index (χ3v) is 4.30. The minimum Gasteiger partial charge on any atom is -0.304 e. The molecule has 1 N–H and O–H groups in total. The highest BCUT2D eigenvalue weighted by atomic mass is 35.5. The molecule has 0 fully saturated rings. The van der Waals surface area contributed by atoms with Gasteiger partial charge in [0.15, 0.2) is 0 Å². The van der Waals surface area contributed by atoms with Crippen LogP contribution in [0.25, 0.3) is 5.65 Å². The van der Waals surface area contributed by atoms with E-state index < -0.39 is 0 Å². The Labute approximate surface area is 150 Å². The largest absolute Gasteiger partial charge is 0.304 e. The van der Waals surface area contributed by atoms with E-state index in [1.54, 1.807) is 30.5 Å². The molecule has 0 aliphatic rings. The van der Waals surface area contributed by atoms with Crippen molar-refractivity contribution in [3.05, 3.63) is 81.1 Å². The van der Waals surface area contributed by atoms with Gasteiger partial charge in [-0.15, -0.1) is 0 Å². The number of aromatic nitrogens is 2. The Bertz CT molecular complexity index is 938. The van der Waals surface area contributed by atoms with Crippen LogP contribution < -0.4 is 10.9 Å². The van der Waals surface area contributed by atoms with Crippen LogP contribution in [0.5, 0.6) is 0 Å². The van der Waals surface area contributed by atoms with Crippen LogP contribution >= 0.6 is 11.6 Å². The second kappa shape index (κ2) is 7.33. The Balaban J connectivity index is 1.83. The average Bonchev–Trinajstić information content (AvgIpc) is 2.57. The number of rotatable bonds is 5. The van der Waals surface area contributed by atoms with E-state index in [2.05, 4.69) is 24.1 Å². The predicted molar refractivity (Wildman–Crippen MR) is 97.3 cm³/mol. The maximum absolute atomic E-state index is 13.1. The molecule has 3 aromatic rings. The quantitative estimate of drug-likeness (QED) is 0.749. The number of nitrogens with zero attached hydrogens (tertiary/aromatic N) is 2. The molecule has 4 nitrogen and oxygen atoms in total. The smallest absolute Gasteiger partial charge is 0.258 e. The van der Waals surface area contributed by atoms with Gasteiger partial charge in [0.25, 0.3) is 5.56 Å². The molecule has 0 saturated heterocycles. The first kappa shape index (κ1) is 17.6. The monoisotopic (exact) mass is 359 g/mol. The highest BCUT2D eigenvalue weighted by molar-refractivity contribution is 6.30.